The van der Waals surface area contributed by atoms with Crippen LogP contribution in [0.5, 0.6) is 0 Å². The van der Waals surface area contributed by atoms with E-state index in [2.05, 4.69) is 16.7 Å². The molecular formula is C32H28N3O3+. The van der Waals surface area contributed by atoms with Crippen LogP contribution in [0.2, 0.25) is 0 Å². The van der Waals surface area contributed by atoms with Crippen LogP contribution in [0.3, 0.4) is 0 Å². The molecule has 2 amide bonds. The van der Waals surface area contributed by atoms with E-state index in [9.17, 15) is 9.59 Å². The normalized spacial score (nSPS) is 19.9. The molecular weight excluding hydrogens is 474 g/mol. The van der Waals surface area contributed by atoms with Crippen LogP contribution in [0.15, 0.2) is 126 Å². The van der Waals surface area contributed by atoms with Crippen molar-refractivity contribution in [2.24, 2.45) is 0 Å². The van der Waals surface area contributed by atoms with Crippen molar-refractivity contribution in [3.05, 3.63) is 138 Å². The van der Waals surface area contributed by atoms with Gasteiger partial charge in [-0.2, -0.15) is 4.48 Å². The Balaban J connectivity index is 1.28. The zero-order valence-corrected chi connectivity index (χ0v) is 20.9. The second kappa shape index (κ2) is 10.1. The Morgan fingerprint density at radius 2 is 1.68 bits per heavy atom. The fraction of sp³-hybridized carbons (Fsp3) is 0.125. The summed E-state index contributed by atoms with van der Waals surface area (Å²) in [6.45, 7) is 1.40. The van der Waals surface area contributed by atoms with Crippen LogP contribution in [0.1, 0.15) is 27.1 Å². The molecule has 1 saturated heterocycles. The predicted molar refractivity (Wildman–Crippen MR) is 148 cm³/mol. The summed E-state index contributed by atoms with van der Waals surface area (Å²) in [6.07, 6.45) is 10.8. The number of fused-ring (bicyclic) bond motifs is 3. The Bertz CT molecular complexity index is 1520. The number of benzene rings is 3. The van der Waals surface area contributed by atoms with Crippen LogP contribution in [0.25, 0.3) is 11.1 Å². The van der Waals surface area contributed by atoms with Gasteiger partial charge in [0.2, 0.25) is 0 Å². The van der Waals surface area contributed by atoms with E-state index in [-0.39, 0.29) is 16.3 Å². The molecule has 2 heterocycles. The number of nitrogens with one attached hydrogen (secondary N) is 2. The fourth-order valence-electron chi connectivity index (χ4n) is 5.38. The van der Waals surface area contributed by atoms with Crippen LogP contribution in [0, 0.1) is 0 Å². The van der Waals surface area contributed by atoms with E-state index in [1.807, 2.05) is 79.1 Å². The topological polar surface area (TPSA) is 67.4 Å². The third kappa shape index (κ3) is 4.20. The van der Waals surface area contributed by atoms with Crippen molar-refractivity contribution in [2.45, 2.75) is 6.42 Å². The van der Waals surface area contributed by atoms with Gasteiger partial charge in [-0.25, -0.2) is 4.79 Å². The second-order valence-electron chi connectivity index (χ2n) is 9.49. The lowest BCUT2D eigenvalue weighted by Gasteiger charge is -2.41. The van der Waals surface area contributed by atoms with Crippen molar-refractivity contribution in [1.82, 2.24) is 5.32 Å². The highest BCUT2D eigenvalue weighted by molar-refractivity contribution is 6.08. The highest BCUT2D eigenvalue weighted by Gasteiger charge is 2.49. The van der Waals surface area contributed by atoms with Gasteiger partial charge in [-0.15, -0.1) is 0 Å². The fourth-order valence-corrected chi connectivity index (χ4v) is 5.38. The molecule has 6 rings (SSSR count). The van der Waals surface area contributed by atoms with Crippen molar-refractivity contribution in [1.29, 1.82) is 0 Å². The Hall–Kier alpha value is -4.52. The average Bonchev–Trinajstić information content (AvgIpc) is 3.15. The molecule has 0 radical (unpaired) electrons. The summed E-state index contributed by atoms with van der Waals surface area (Å²) < 4.78 is 5.85. The van der Waals surface area contributed by atoms with Crippen LogP contribution in [0.4, 0.5) is 5.69 Å². The lowest BCUT2D eigenvalue weighted by Crippen LogP contribution is -2.56. The number of rotatable bonds is 4. The minimum absolute atomic E-state index is 0.0111. The van der Waals surface area contributed by atoms with Crippen LogP contribution < -0.4 is 10.6 Å². The highest BCUT2D eigenvalue weighted by Crippen LogP contribution is 2.39. The first-order chi connectivity index (χ1) is 18.7. The Morgan fingerprint density at radius 1 is 0.895 bits per heavy atom. The number of hydrogen-bond donors (Lipinski definition) is 2. The summed E-state index contributed by atoms with van der Waals surface area (Å²) in [5.41, 5.74) is 6.60. The second-order valence-corrected chi connectivity index (χ2v) is 9.49. The molecule has 2 N–H and O–H groups in total. The van der Waals surface area contributed by atoms with Crippen molar-refractivity contribution >= 4 is 17.5 Å². The predicted octanol–water partition coefficient (Wildman–Crippen LogP) is 5.77. The first-order valence-corrected chi connectivity index (χ1v) is 12.8. The number of allylic oxidation sites excluding steroid dienone is 4. The summed E-state index contributed by atoms with van der Waals surface area (Å²) in [4.78, 5) is 27.4. The summed E-state index contributed by atoms with van der Waals surface area (Å²) in [5.74, 6) is -0.209. The lowest BCUT2D eigenvalue weighted by atomic mass is 9.98. The molecule has 0 bridgehead atoms. The number of carbonyl (C=O) groups is 2. The Morgan fingerprint density at radius 3 is 2.53 bits per heavy atom. The molecule has 6 heteroatoms. The number of anilines is 1. The first-order valence-electron chi connectivity index (χ1n) is 12.8. The maximum atomic E-state index is 14.2. The standard InChI is InChI=1S/C32H27N3O3/c36-31(29-12-6-5-11-28(29)23-8-2-1-3-9-23)34-26-16-14-24(15-17-26)32(37)35-18-19-38-22-27(35)21-33-20-25-10-4-7-13-30(25)35/h1-9,11-17,20-21,33H,10,18-19,22H2/p+1. The van der Waals surface area contributed by atoms with Gasteiger partial charge in [0.25, 0.3) is 5.91 Å². The van der Waals surface area contributed by atoms with Gasteiger partial charge in [0.15, 0.2) is 11.4 Å². The van der Waals surface area contributed by atoms with Gasteiger partial charge >= 0.3 is 5.91 Å². The molecule has 6 nitrogen and oxygen atoms in total. The third-order valence-electron chi connectivity index (χ3n) is 7.28. The van der Waals surface area contributed by atoms with E-state index < -0.39 is 0 Å². The quantitative estimate of drug-likeness (QED) is 0.445. The highest BCUT2D eigenvalue weighted by atomic mass is 16.5. The Kier molecular flexibility index (Phi) is 6.33. The van der Waals surface area contributed by atoms with Crippen LogP contribution >= 0.6 is 0 Å². The SMILES string of the molecule is O=C(Nc1ccc(C(=O)[N+]23CCOCC2=CNC=C2CC=CC=C23)cc1)c1ccccc1-c1ccccc1. The number of amides is 2. The summed E-state index contributed by atoms with van der Waals surface area (Å²) >= 11 is 0. The van der Waals surface area contributed by atoms with Gasteiger partial charge in [-0.1, -0.05) is 60.7 Å². The van der Waals surface area contributed by atoms with E-state index >= 15 is 0 Å². The van der Waals surface area contributed by atoms with Gasteiger partial charge in [-0.3, -0.25) is 4.79 Å². The number of nitrogens with zero attached hydrogens (tertiary/aromatic N) is 1. The number of quaternary nitrogens is 1. The molecule has 1 fully saturated rings. The lowest BCUT2D eigenvalue weighted by molar-refractivity contribution is -0.779. The van der Waals surface area contributed by atoms with Crippen molar-refractivity contribution in [3.63, 3.8) is 0 Å². The maximum absolute atomic E-state index is 14.2. The number of carbonyl (C=O) groups excluding carboxylic acids is 2. The van der Waals surface area contributed by atoms with E-state index in [0.717, 1.165) is 34.5 Å². The van der Waals surface area contributed by atoms with E-state index in [4.69, 9.17) is 4.74 Å². The van der Waals surface area contributed by atoms with Crippen molar-refractivity contribution in [2.75, 3.05) is 25.1 Å². The maximum Gasteiger partial charge on any atom is 0.355 e. The van der Waals surface area contributed by atoms with E-state index in [0.29, 0.717) is 36.6 Å². The van der Waals surface area contributed by atoms with Gasteiger partial charge in [-0.05, 0) is 47.9 Å². The zero-order chi connectivity index (χ0) is 26.0. The molecule has 3 aromatic rings. The molecule has 1 aliphatic carbocycles. The van der Waals surface area contributed by atoms with Gasteiger partial charge in [0.1, 0.15) is 13.2 Å². The molecule has 2 aliphatic heterocycles. The van der Waals surface area contributed by atoms with E-state index in [1.165, 1.54) is 0 Å². The van der Waals surface area contributed by atoms with Gasteiger partial charge in [0.05, 0.1) is 18.4 Å². The third-order valence-corrected chi connectivity index (χ3v) is 7.28. The zero-order valence-electron chi connectivity index (χ0n) is 20.9. The van der Waals surface area contributed by atoms with Gasteiger partial charge in [0, 0.05) is 29.1 Å². The first kappa shape index (κ1) is 23.9. The molecule has 0 saturated carbocycles. The summed E-state index contributed by atoms with van der Waals surface area (Å²) in [5, 5.41) is 6.24. The smallest absolute Gasteiger partial charge is 0.355 e. The minimum Gasteiger partial charge on any atom is -0.365 e. The largest absolute Gasteiger partial charge is 0.365 e. The minimum atomic E-state index is -0.198. The van der Waals surface area contributed by atoms with Crippen LogP contribution in [-0.2, 0) is 4.74 Å². The molecule has 1 unspecified atom stereocenters. The average molecular weight is 503 g/mol. The van der Waals surface area contributed by atoms with Crippen molar-refractivity contribution < 1.29 is 18.8 Å². The summed E-state index contributed by atoms with van der Waals surface area (Å²) in [6, 6.07) is 24.6. The Labute approximate surface area is 221 Å². The molecule has 188 valence electrons. The van der Waals surface area contributed by atoms with Crippen molar-refractivity contribution in [3.8, 4) is 11.1 Å². The van der Waals surface area contributed by atoms with Crippen LogP contribution in [-0.4, -0.2) is 36.1 Å². The number of ether oxygens (including phenoxy) is 1. The van der Waals surface area contributed by atoms with E-state index in [1.54, 1.807) is 24.3 Å². The van der Waals surface area contributed by atoms with Gasteiger partial charge < -0.3 is 15.4 Å². The molecule has 3 aromatic carbocycles. The number of morpholine rings is 1. The monoisotopic (exact) mass is 502 g/mol. The molecule has 0 aromatic heterocycles. The molecule has 3 aliphatic rings. The molecule has 1 atom stereocenters. The number of hydrogen-bond acceptors (Lipinski definition) is 4. The molecule has 0 spiro atoms. The summed E-state index contributed by atoms with van der Waals surface area (Å²) in [7, 11) is 0. The molecule has 38 heavy (non-hydrogen) atoms.